The molecule has 0 atom stereocenters. The Morgan fingerprint density at radius 1 is 1.38 bits per heavy atom. The second kappa shape index (κ2) is 3.09. The summed E-state index contributed by atoms with van der Waals surface area (Å²) in [5.41, 5.74) is 1.69. The highest BCUT2D eigenvalue weighted by atomic mass is 16.7. The Morgan fingerprint density at radius 2 is 2.08 bits per heavy atom. The number of benzene rings is 1. The van der Waals surface area contributed by atoms with Gasteiger partial charge in [-0.2, -0.15) is 0 Å². The Hall–Kier alpha value is -1.51. The summed E-state index contributed by atoms with van der Waals surface area (Å²) in [5.74, 6) is 1.40. The molecule has 2 rings (SSSR count). The predicted molar refractivity (Wildman–Crippen MR) is 47.3 cm³/mol. The number of fused-ring (bicyclic) bond motifs is 1. The van der Waals surface area contributed by atoms with E-state index in [-0.39, 0.29) is 6.79 Å². The third-order valence-electron chi connectivity index (χ3n) is 2.14. The van der Waals surface area contributed by atoms with Gasteiger partial charge in [0.05, 0.1) is 0 Å². The Balaban J connectivity index is 2.53. The summed E-state index contributed by atoms with van der Waals surface area (Å²) >= 11 is 0. The van der Waals surface area contributed by atoms with E-state index in [2.05, 4.69) is 0 Å². The summed E-state index contributed by atoms with van der Waals surface area (Å²) < 4.78 is 10.4. The van der Waals surface area contributed by atoms with Gasteiger partial charge in [0.2, 0.25) is 6.79 Å². The van der Waals surface area contributed by atoms with Crippen LogP contribution in [0.25, 0.3) is 0 Å². The largest absolute Gasteiger partial charge is 0.454 e. The van der Waals surface area contributed by atoms with E-state index in [1.807, 2.05) is 13.0 Å². The van der Waals surface area contributed by atoms with Crippen molar-refractivity contribution in [2.45, 2.75) is 13.3 Å². The lowest BCUT2D eigenvalue weighted by Crippen LogP contribution is -1.92. The zero-order valence-corrected chi connectivity index (χ0v) is 7.37. The van der Waals surface area contributed by atoms with Gasteiger partial charge in [-0.3, -0.25) is 4.79 Å². The maximum atomic E-state index is 10.7. The maximum absolute atomic E-state index is 10.7. The van der Waals surface area contributed by atoms with Gasteiger partial charge >= 0.3 is 0 Å². The van der Waals surface area contributed by atoms with Crippen LogP contribution in [0.5, 0.6) is 11.5 Å². The van der Waals surface area contributed by atoms with Crippen molar-refractivity contribution in [3.8, 4) is 11.5 Å². The molecule has 1 aliphatic heterocycles. The fourth-order valence-corrected chi connectivity index (χ4v) is 1.42. The van der Waals surface area contributed by atoms with Crippen LogP contribution >= 0.6 is 0 Å². The van der Waals surface area contributed by atoms with Crippen LogP contribution in [-0.4, -0.2) is 13.1 Å². The number of rotatable bonds is 2. The number of carbonyl (C=O) groups excluding carboxylic acids is 1. The molecule has 1 aromatic carbocycles. The van der Waals surface area contributed by atoms with Crippen LogP contribution < -0.4 is 9.47 Å². The molecule has 0 saturated heterocycles. The monoisotopic (exact) mass is 178 g/mol. The molecule has 0 fully saturated rings. The maximum Gasteiger partial charge on any atom is 0.231 e. The van der Waals surface area contributed by atoms with Crippen LogP contribution in [-0.2, 0) is 6.42 Å². The Morgan fingerprint density at radius 3 is 2.69 bits per heavy atom. The van der Waals surface area contributed by atoms with Crippen molar-refractivity contribution < 1.29 is 14.3 Å². The van der Waals surface area contributed by atoms with E-state index in [0.717, 1.165) is 24.0 Å². The molecule has 0 bridgehead atoms. The van der Waals surface area contributed by atoms with Crippen LogP contribution in [0.2, 0.25) is 0 Å². The first kappa shape index (κ1) is 8.10. The average molecular weight is 178 g/mol. The van der Waals surface area contributed by atoms with Crippen LogP contribution in [0.15, 0.2) is 12.1 Å². The number of carbonyl (C=O) groups is 1. The van der Waals surface area contributed by atoms with Gasteiger partial charge in [0.1, 0.15) is 6.29 Å². The number of hydrogen-bond acceptors (Lipinski definition) is 3. The van der Waals surface area contributed by atoms with E-state index in [4.69, 9.17) is 9.47 Å². The lowest BCUT2D eigenvalue weighted by molar-refractivity contribution is 0.112. The van der Waals surface area contributed by atoms with Gasteiger partial charge in [0.15, 0.2) is 11.5 Å². The molecule has 0 aromatic heterocycles. The third-order valence-corrected chi connectivity index (χ3v) is 2.14. The molecule has 3 nitrogen and oxygen atoms in total. The third kappa shape index (κ3) is 1.26. The van der Waals surface area contributed by atoms with E-state index in [9.17, 15) is 4.79 Å². The van der Waals surface area contributed by atoms with Crippen molar-refractivity contribution in [3.63, 3.8) is 0 Å². The first-order valence-electron chi connectivity index (χ1n) is 4.23. The number of hydrogen-bond donors (Lipinski definition) is 0. The second-order valence-electron chi connectivity index (χ2n) is 2.88. The summed E-state index contributed by atoms with van der Waals surface area (Å²) in [6.07, 6.45) is 1.67. The van der Waals surface area contributed by atoms with E-state index in [1.54, 1.807) is 6.07 Å². The predicted octanol–water partition coefficient (Wildman–Crippen LogP) is 1.79. The quantitative estimate of drug-likeness (QED) is 0.647. The average Bonchev–Trinajstić information content (AvgIpc) is 2.62. The zero-order valence-electron chi connectivity index (χ0n) is 7.37. The first-order valence-corrected chi connectivity index (χ1v) is 4.23. The summed E-state index contributed by atoms with van der Waals surface area (Å²) in [5, 5.41) is 0. The SMILES string of the molecule is CCc1cc2c(cc1C=O)OCO2. The number of aryl methyl sites for hydroxylation is 1. The van der Waals surface area contributed by atoms with Gasteiger partial charge < -0.3 is 9.47 Å². The molecule has 0 unspecified atom stereocenters. The lowest BCUT2D eigenvalue weighted by Gasteiger charge is -2.03. The summed E-state index contributed by atoms with van der Waals surface area (Å²) in [6, 6.07) is 3.60. The molecule has 0 saturated carbocycles. The van der Waals surface area contributed by atoms with E-state index in [1.165, 1.54) is 0 Å². The lowest BCUT2D eigenvalue weighted by atomic mass is 10.1. The normalized spacial score (nSPS) is 13.0. The van der Waals surface area contributed by atoms with Gasteiger partial charge in [0.25, 0.3) is 0 Å². The van der Waals surface area contributed by atoms with E-state index < -0.39 is 0 Å². The second-order valence-corrected chi connectivity index (χ2v) is 2.88. The highest BCUT2D eigenvalue weighted by molar-refractivity contribution is 5.79. The fraction of sp³-hybridized carbons (Fsp3) is 0.300. The molecule has 68 valence electrons. The van der Waals surface area contributed by atoms with Gasteiger partial charge in [-0.1, -0.05) is 6.92 Å². The molecular weight excluding hydrogens is 168 g/mol. The minimum Gasteiger partial charge on any atom is -0.454 e. The molecule has 0 radical (unpaired) electrons. The Kier molecular flexibility index (Phi) is 1.93. The molecule has 1 heterocycles. The highest BCUT2D eigenvalue weighted by Gasteiger charge is 2.15. The zero-order chi connectivity index (χ0) is 9.26. The van der Waals surface area contributed by atoms with Crippen molar-refractivity contribution in [1.29, 1.82) is 0 Å². The van der Waals surface area contributed by atoms with Gasteiger partial charge in [0, 0.05) is 5.56 Å². The Bertz CT molecular complexity index is 344. The molecular formula is C10H10O3. The summed E-state index contributed by atoms with van der Waals surface area (Å²) in [7, 11) is 0. The standard InChI is InChI=1S/C10H10O3/c1-2-7-3-9-10(13-6-12-9)4-8(7)5-11/h3-5H,2,6H2,1H3. The molecule has 0 N–H and O–H groups in total. The molecule has 0 spiro atoms. The minimum absolute atomic E-state index is 0.251. The number of aldehydes is 1. The molecule has 0 aliphatic carbocycles. The molecule has 1 aliphatic rings. The van der Waals surface area contributed by atoms with Gasteiger partial charge in [-0.15, -0.1) is 0 Å². The van der Waals surface area contributed by atoms with Crippen molar-refractivity contribution >= 4 is 6.29 Å². The van der Waals surface area contributed by atoms with Crippen LogP contribution in [0, 0.1) is 0 Å². The molecule has 13 heavy (non-hydrogen) atoms. The summed E-state index contributed by atoms with van der Waals surface area (Å²) in [4.78, 5) is 10.7. The number of ether oxygens (including phenoxy) is 2. The molecule has 1 aromatic rings. The topological polar surface area (TPSA) is 35.5 Å². The van der Waals surface area contributed by atoms with Crippen molar-refractivity contribution in [1.82, 2.24) is 0 Å². The first-order chi connectivity index (χ1) is 6.35. The summed E-state index contributed by atoms with van der Waals surface area (Å²) in [6.45, 7) is 2.26. The molecule has 3 heteroatoms. The van der Waals surface area contributed by atoms with Crippen molar-refractivity contribution in [2.75, 3.05) is 6.79 Å². The Labute approximate surface area is 76.3 Å². The van der Waals surface area contributed by atoms with Crippen molar-refractivity contribution in [3.05, 3.63) is 23.3 Å². The molecule has 0 amide bonds. The highest BCUT2D eigenvalue weighted by Crippen LogP contribution is 2.34. The fourth-order valence-electron chi connectivity index (χ4n) is 1.42. The van der Waals surface area contributed by atoms with Crippen LogP contribution in [0.1, 0.15) is 22.8 Å². The van der Waals surface area contributed by atoms with E-state index in [0.29, 0.717) is 11.3 Å². The smallest absolute Gasteiger partial charge is 0.231 e. The van der Waals surface area contributed by atoms with Crippen molar-refractivity contribution in [2.24, 2.45) is 0 Å². The van der Waals surface area contributed by atoms with Gasteiger partial charge in [-0.25, -0.2) is 0 Å². The van der Waals surface area contributed by atoms with Crippen LogP contribution in [0.3, 0.4) is 0 Å². The van der Waals surface area contributed by atoms with Gasteiger partial charge in [-0.05, 0) is 24.1 Å². The minimum atomic E-state index is 0.251. The van der Waals surface area contributed by atoms with Crippen LogP contribution in [0.4, 0.5) is 0 Å². The van der Waals surface area contributed by atoms with E-state index >= 15 is 0 Å².